The van der Waals surface area contributed by atoms with Crippen molar-refractivity contribution in [1.29, 1.82) is 5.26 Å². The molecule has 0 aliphatic carbocycles. The number of nitriles is 1. The van der Waals surface area contributed by atoms with Gasteiger partial charge in [0.25, 0.3) is 0 Å². The molecule has 1 amide bonds. The van der Waals surface area contributed by atoms with Gasteiger partial charge in [-0.3, -0.25) is 9.78 Å². The first-order valence-electron chi connectivity index (χ1n) is 9.93. The number of hydrogen-bond donors (Lipinski definition) is 2. The van der Waals surface area contributed by atoms with Crippen LogP contribution in [0.3, 0.4) is 0 Å². The number of pyridine rings is 1. The van der Waals surface area contributed by atoms with Crippen molar-refractivity contribution in [2.75, 3.05) is 23.8 Å². The zero-order valence-electron chi connectivity index (χ0n) is 17.9. The summed E-state index contributed by atoms with van der Waals surface area (Å²) in [5, 5.41) is 15.0. The zero-order chi connectivity index (χ0) is 22.1. The third-order valence-electron chi connectivity index (χ3n) is 4.30. The van der Waals surface area contributed by atoms with Crippen molar-refractivity contribution >= 4 is 23.3 Å². The third-order valence-corrected chi connectivity index (χ3v) is 4.30. The molecule has 2 rings (SSSR count). The second-order valence-electron chi connectivity index (χ2n) is 7.98. The highest BCUT2D eigenvalue weighted by atomic mass is 16.5. The summed E-state index contributed by atoms with van der Waals surface area (Å²) < 4.78 is 5.18. The average Bonchev–Trinajstić information content (AvgIpc) is 2.69. The first kappa shape index (κ1) is 22.9. The maximum absolute atomic E-state index is 12.6. The number of ether oxygens (including phenoxy) is 1. The summed E-state index contributed by atoms with van der Waals surface area (Å²) in [6.07, 6.45) is 1.99. The van der Waals surface area contributed by atoms with E-state index in [1.54, 1.807) is 6.92 Å². The molecule has 158 valence electrons. The lowest BCUT2D eigenvalue weighted by Crippen LogP contribution is -2.20. The van der Waals surface area contributed by atoms with Crippen molar-refractivity contribution in [3.8, 4) is 17.3 Å². The standard InChI is InChI=1S/C23H28N4O3/c1-5-30-22(29)17-15-26-19(16-9-7-6-8-10-16)21(27-18(28)11-13-24)20(17)25-14-12-23(2,3)4/h6-10,15H,5,11-12,14H2,1-4H3,(H,25,26)(H,27,28). The number of aromatic nitrogens is 1. The zero-order valence-corrected chi connectivity index (χ0v) is 17.9. The lowest BCUT2D eigenvalue weighted by molar-refractivity contribution is -0.115. The van der Waals surface area contributed by atoms with Gasteiger partial charge in [0.2, 0.25) is 5.91 Å². The fraction of sp³-hybridized carbons (Fsp3) is 0.391. The second-order valence-corrected chi connectivity index (χ2v) is 7.98. The minimum Gasteiger partial charge on any atom is -0.462 e. The Hall–Kier alpha value is -3.40. The Morgan fingerprint density at radius 3 is 2.47 bits per heavy atom. The van der Waals surface area contributed by atoms with Crippen LogP contribution in [0.4, 0.5) is 11.4 Å². The van der Waals surface area contributed by atoms with E-state index in [0.717, 1.165) is 12.0 Å². The van der Waals surface area contributed by atoms with Crippen molar-refractivity contribution in [2.45, 2.75) is 40.5 Å². The summed E-state index contributed by atoms with van der Waals surface area (Å²) >= 11 is 0. The van der Waals surface area contributed by atoms with E-state index in [-0.39, 0.29) is 24.0 Å². The summed E-state index contributed by atoms with van der Waals surface area (Å²) in [7, 11) is 0. The molecule has 1 aromatic carbocycles. The molecule has 2 N–H and O–H groups in total. The van der Waals surface area contributed by atoms with E-state index in [4.69, 9.17) is 10.00 Å². The number of nitrogens with zero attached hydrogens (tertiary/aromatic N) is 2. The molecule has 1 aromatic heterocycles. The number of rotatable bonds is 8. The van der Waals surface area contributed by atoms with Gasteiger partial charge in [-0.25, -0.2) is 4.79 Å². The predicted octanol–water partition coefficient (Wildman–Crippen LogP) is 4.63. The van der Waals surface area contributed by atoms with Crippen molar-refractivity contribution in [3.63, 3.8) is 0 Å². The molecule has 0 unspecified atom stereocenters. The van der Waals surface area contributed by atoms with Gasteiger partial charge in [-0.15, -0.1) is 0 Å². The highest BCUT2D eigenvalue weighted by molar-refractivity contribution is 6.06. The van der Waals surface area contributed by atoms with Crippen LogP contribution in [0.25, 0.3) is 11.3 Å². The van der Waals surface area contributed by atoms with Gasteiger partial charge >= 0.3 is 5.97 Å². The van der Waals surface area contributed by atoms with Crippen LogP contribution in [0.1, 0.15) is 50.9 Å². The van der Waals surface area contributed by atoms with E-state index >= 15 is 0 Å². The summed E-state index contributed by atoms with van der Waals surface area (Å²) in [5.41, 5.74) is 2.40. The maximum Gasteiger partial charge on any atom is 0.341 e. The number of esters is 1. The Balaban J connectivity index is 2.60. The van der Waals surface area contributed by atoms with Crippen LogP contribution in [0.15, 0.2) is 36.5 Å². The Morgan fingerprint density at radius 1 is 1.17 bits per heavy atom. The molecule has 1 heterocycles. The van der Waals surface area contributed by atoms with E-state index < -0.39 is 11.9 Å². The summed E-state index contributed by atoms with van der Waals surface area (Å²) in [4.78, 5) is 29.3. The summed E-state index contributed by atoms with van der Waals surface area (Å²) in [5.74, 6) is -1.00. The molecule has 0 fully saturated rings. The highest BCUT2D eigenvalue weighted by Gasteiger charge is 2.23. The molecule has 0 bridgehead atoms. The number of nitrogens with one attached hydrogen (secondary N) is 2. The maximum atomic E-state index is 12.6. The Morgan fingerprint density at radius 2 is 1.87 bits per heavy atom. The largest absolute Gasteiger partial charge is 0.462 e. The predicted molar refractivity (Wildman–Crippen MR) is 117 cm³/mol. The Bertz CT molecular complexity index is 928. The minimum absolute atomic E-state index is 0.0800. The number of hydrogen-bond acceptors (Lipinski definition) is 6. The molecular weight excluding hydrogens is 380 g/mol. The van der Waals surface area contributed by atoms with Gasteiger partial charge in [0.1, 0.15) is 12.0 Å². The molecule has 0 radical (unpaired) electrons. The van der Waals surface area contributed by atoms with Crippen molar-refractivity contribution < 1.29 is 14.3 Å². The van der Waals surface area contributed by atoms with E-state index in [2.05, 4.69) is 36.4 Å². The molecule has 0 saturated carbocycles. The van der Waals surface area contributed by atoms with E-state index in [0.29, 0.717) is 23.6 Å². The monoisotopic (exact) mass is 408 g/mol. The van der Waals surface area contributed by atoms with E-state index in [1.807, 2.05) is 36.4 Å². The number of carbonyl (C=O) groups excluding carboxylic acids is 2. The molecule has 2 aromatic rings. The van der Waals surface area contributed by atoms with Gasteiger partial charge in [-0.05, 0) is 18.8 Å². The molecule has 30 heavy (non-hydrogen) atoms. The number of amides is 1. The van der Waals surface area contributed by atoms with Crippen molar-refractivity contribution in [1.82, 2.24) is 4.98 Å². The fourth-order valence-electron chi connectivity index (χ4n) is 2.81. The Kier molecular flexibility index (Phi) is 7.93. The van der Waals surface area contributed by atoms with Gasteiger partial charge in [0.05, 0.1) is 29.7 Å². The van der Waals surface area contributed by atoms with Crippen LogP contribution in [-0.2, 0) is 9.53 Å². The third kappa shape index (κ3) is 6.31. The van der Waals surface area contributed by atoms with Crippen LogP contribution < -0.4 is 10.6 Å². The fourth-order valence-corrected chi connectivity index (χ4v) is 2.81. The van der Waals surface area contributed by atoms with Crippen LogP contribution >= 0.6 is 0 Å². The SMILES string of the molecule is CCOC(=O)c1cnc(-c2ccccc2)c(NC(=O)CC#N)c1NCCC(C)(C)C. The molecule has 0 aliphatic heterocycles. The molecule has 7 nitrogen and oxygen atoms in total. The van der Waals surface area contributed by atoms with Gasteiger partial charge in [0, 0.05) is 18.3 Å². The van der Waals surface area contributed by atoms with Crippen molar-refractivity contribution in [3.05, 3.63) is 42.1 Å². The van der Waals surface area contributed by atoms with Gasteiger partial charge in [-0.1, -0.05) is 51.1 Å². The number of carbonyl (C=O) groups is 2. The number of benzene rings is 1. The van der Waals surface area contributed by atoms with Gasteiger partial charge in [-0.2, -0.15) is 5.26 Å². The second kappa shape index (κ2) is 10.4. The highest BCUT2D eigenvalue weighted by Crippen LogP contribution is 2.36. The van der Waals surface area contributed by atoms with E-state index in [9.17, 15) is 9.59 Å². The first-order chi connectivity index (χ1) is 14.3. The normalized spacial score (nSPS) is 10.8. The smallest absolute Gasteiger partial charge is 0.341 e. The topological polar surface area (TPSA) is 104 Å². The Labute approximate surface area is 177 Å². The molecule has 0 atom stereocenters. The van der Waals surface area contributed by atoms with Crippen LogP contribution in [0.5, 0.6) is 0 Å². The molecule has 7 heteroatoms. The first-order valence-corrected chi connectivity index (χ1v) is 9.93. The quantitative estimate of drug-likeness (QED) is 0.617. The molecule has 0 spiro atoms. The average molecular weight is 409 g/mol. The van der Waals surface area contributed by atoms with Gasteiger partial charge < -0.3 is 15.4 Å². The minimum atomic E-state index is -0.529. The molecule has 0 saturated heterocycles. The van der Waals surface area contributed by atoms with Crippen LogP contribution in [-0.4, -0.2) is 30.0 Å². The summed E-state index contributed by atoms with van der Waals surface area (Å²) in [6, 6.07) is 11.2. The lowest BCUT2D eigenvalue weighted by atomic mass is 9.92. The lowest BCUT2D eigenvalue weighted by Gasteiger charge is -2.22. The van der Waals surface area contributed by atoms with E-state index in [1.165, 1.54) is 6.20 Å². The molecule has 0 aliphatic rings. The molecular formula is C23H28N4O3. The van der Waals surface area contributed by atoms with Crippen molar-refractivity contribution in [2.24, 2.45) is 5.41 Å². The number of anilines is 2. The van der Waals surface area contributed by atoms with Crippen LogP contribution in [0.2, 0.25) is 0 Å². The van der Waals surface area contributed by atoms with Crippen LogP contribution in [0, 0.1) is 16.7 Å². The summed E-state index contributed by atoms with van der Waals surface area (Å²) in [6.45, 7) is 8.90. The van der Waals surface area contributed by atoms with Gasteiger partial charge in [0.15, 0.2) is 0 Å².